The highest BCUT2D eigenvalue weighted by atomic mass is 32.2. The molecule has 3 aromatic rings. The maximum absolute atomic E-state index is 13.2. The molecule has 0 saturated heterocycles. The lowest BCUT2D eigenvalue weighted by Crippen LogP contribution is -2.22. The number of rotatable bonds is 6. The number of hydrogen-bond acceptors (Lipinski definition) is 3. The van der Waals surface area contributed by atoms with Crippen LogP contribution >= 0.6 is 11.8 Å². The molecule has 0 atom stereocenters. The van der Waals surface area contributed by atoms with E-state index in [4.69, 9.17) is 0 Å². The van der Waals surface area contributed by atoms with Gasteiger partial charge in [-0.25, -0.2) is 4.39 Å². The molecule has 0 aliphatic carbocycles. The molecule has 5 heteroatoms. The van der Waals surface area contributed by atoms with Gasteiger partial charge in [-0.05, 0) is 42.5 Å². The molecule has 0 radical (unpaired) electrons. The van der Waals surface area contributed by atoms with Gasteiger partial charge in [-0.3, -0.25) is 4.79 Å². The van der Waals surface area contributed by atoms with Gasteiger partial charge < -0.3 is 10.6 Å². The van der Waals surface area contributed by atoms with Crippen molar-refractivity contribution in [3.05, 3.63) is 84.7 Å². The molecule has 1 amide bonds. The molecule has 0 aliphatic heterocycles. The molecule has 0 heterocycles. The van der Waals surface area contributed by atoms with E-state index in [1.54, 1.807) is 23.9 Å². The molecule has 126 valence electrons. The van der Waals surface area contributed by atoms with Crippen LogP contribution in [0.3, 0.4) is 0 Å². The molecule has 0 unspecified atom stereocenters. The molecule has 2 N–H and O–H groups in total. The van der Waals surface area contributed by atoms with Crippen LogP contribution in [0.15, 0.2) is 88.7 Å². The normalized spacial score (nSPS) is 10.3. The SMILES string of the molecule is O=C(CNc1cccc(F)c1)Nc1ccccc1Sc1ccccc1. The van der Waals surface area contributed by atoms with Gasteiger partial charge in [0.2, 0.25) is 5.91 Å². The first-order valence-corrected chi connectivity index (χ1v) is 8.63. The van der Waals surface area contributed by atoms with E-state index in [0.717, 1.165) is 15.5 Å². The third-order valence-corrected chi connectivity index (χ3v) is 4.49. The number of nitrogens with one attached hydrogen (secondary N) is 2. The van der Waals surface area contributed by atoms with Crippen molar-refractivity contribution in [2.75, 3.05) is 17.2 Å². The van der Waals surface area contributed by atoms with E-state index in [2.05, 4.69) is 10.6 Å². The monoisotopic (exact) mass is 352 g/mol. The molecule has 0 saturated carbocycles. The van der Waals surface area contributed by atoms with Crippen molar-refractivity contribution in [3.8, 4) is 0 Å². The number of amides is 1. The molecule has 0 fully saturated rings. The van der Waals surface area contributed by atoms with E-state index in [-0.39, 0.29) is 18.3 Å². The second-order valence-electron chi connectivity index (χ2n) is 5.32. The van der Waals surface area contributed by atoms with Crippen LogP contribution in [-0.2, 0) is 4.79 Å². The van der Waals surface area contributed by atoms with Crippen molar-refractivity contribution < 1.29 is 9.18 Å². The van der Waals surface area contributed by atoms with Gasteiger partial charge in [-0.1, -0.05) is 48.2 Å². The molecule has 3 rings (SSSR count). The van der Waals surface area contributed by atoms with Crippen molar-refractivity contribution in [2.45, 2.75) is 9.79 Å². The molecule has 0 bridgehead atoms. The van der Waals surface area contributed by atoms with Crippen LogP contribution in [0, 0.1) is 5.82 Å². The molecular formula is C20H17FN2OS. The van der Waals surface area contributed by atoms with Gasteiger partial charge in [0.15, 0.2) is 0 Å². The highest BCUT2D eigenvalue weighted by Crippen LogP contribution is 2.33. The summed E-state index contributed by atoms with van der Waals surface area (Å²) in [4.78, 5) is 14.3. The van der Waals surface area contributed by atoms with Crippen molar-refractivity contribution in [3.63, 3.8) is 0 Å². The van der Waals surface area contributed by atoms with Crippen LogP contribution in [0.25, 0.3) is 0 Å². The summed E-state index contributed by atoms with van der Waals surface area (Å²) in [6.45, 7) is 0.0633. The smallest absolute Gasteiger partial charge is 0.243 e. The lowest BCUT2D eigenvalue weighted by atomic mass is 10.3. The predicted octanol–water partition coefficient (Wildman–Crippen LogP) is 5.03. The molecule has 0 spiro atoms. The fourth-order valence-corrected chi connectivity index (χ4v) is 3.17. The average Bonchev–Trinajstić information content (AvgIpc) is 2.63. The quantitative estimate of drug-likeness (QED) is 0.654. The van der Waals surface area contributed by atoms with Crippen LogP contribution in [0.4, 0.5) is 15.8 Å². The minimum atomic E-state index is -0.338. The van der Waals surface area contributed by atoms with E-state index in [9.17, 15) is 9.18 Å². The van der Waals surface area contributed by atoms with E-state index >= 15 is 0 Å². The van der Waals surface area contributed by atoms with Gasteiger partial charge in [-0.15, -0.1) is 0 Å². The highest BCUT2D eigenvalue weighted by Gasteiger charge is 2.08. The van der Waals surface area contributed by atoms with Crippen molar-refractivity contribution in [2.24, 2.45) is 0 Å². The summed E-state index contributed by atoms with van der Waals surface area (Å²) < 4.78 is 13.2. The van der Waals surface area contributed by atoms with E-state index in [1.807, 2.05) is 54.6 Å². The third-order valence-electron chi connectivity index (χ3n) is 3.41. The first kappa shape index (κ1) is 17.0. The number of anilines is 2. The Morgan fingerprint density at radius 1 is 0.920 bits per heavy atom. The van der Waals surface area contributed by atoms with E-state index in [0.29, 0.717) is 5.69 Å². The summed E-state index contributed by atoms with van der Waals surface area (Å²) in [6.07, 6.45) is 0. The Hall–Kier alpha value is -2.79. The van der Waals surface area contributed by atoms with E-state index < -0.39 is 0 Å². The number of para-hydroxylation sites is 1. The van der Waals surface area contributed by atoms with E-state index in [1.165, 1.54) is 12.1 Å². The van der Waals surface area contributed by atoms with Crippen LogP contribution in [0.5, 0.6) is 0 Å². The number of carbonyl (C=O) groups is 1. The number of halogens is 1. The maximum atomic E-state index is 13.2. The van der Waals surface area contributed by atoms with Gasteiger partial charge in [0.25, 0.3) is 0 Å². The van der Waals surface area contributed by atoms with Crippen LogP contribution in [-0.4, -0.2) is 12.5 Å². The first-order chi connectivity index (χ1) is 12.2. The zero-order valence-corrected chi connectivity index (χ0v) is 14.2. The zero-order chi connectivity index (χ0) is 17.5. The van der Waals surface area contributed by atoms with Gasteiger partial charge in [0, 0.05) is 15.5 Å². The minimum absolute atomic E-state index is 0.0633. The standard InChI is InChI=1S/C20H17FN2OS/c21-15-7-6-8-16(13-15)22-14-20(24)23-18-11-4-5-12-19(18)25-17-9-2-1-3-10-17/h1-13,22H,14H2,(H,23,24). The Morgan fingerprint density at radius 3 is 2.48 bits per heavy atom. The van der Waals surface area contributed by atoms with Crippen molar-refractivity contribution in [1.82, 2.24) is 0 Å². The number of hydrogen-bond donors (Lipinski definition) is 2. The minimum Gasteiger partial charge on any atom is -0.376 e. The molecule has 25 heavy (non-hydrogen) atoms. The Labute approximate surface area is 150 Å². The fraction of sp³-hybridized carbons (Fsp3) is 0.0500. The summed E-state index contributed by atoms with van der Waals surface area (Å²) in [7, 11) is 0. The maximum Gasteiger partial charge on any atom is 0.243 e. The van der Waals surface area contributed by atoms with Crippen molar-refractivity contribution >= 4 is 29.0 Å². The first-order valence-electron chi connectivity index (χ1n) is 7.82. The average molecular weight is 352 g/mol. The van der Waals surface area contributed by atoms with Crippen LogP contribution in [0.2, 0.25) is 0 Å². The zero-order valence-electron chi connectivity index (χ0n) is 13.4. The summed E-state index contributed by atoms with van der Waals surface area (Å²) in [5.41, 5.74) is 1.32. The van der Waals surface area contributed by atoms with Crippen molar-refractivity contribution in [1.29, 1.82) is 0 Å². The Morgan fingerprint density at radius 2 is 1.68 bits per heavy atom. The fourth-order valence-electron chi connectivity index (χ4n) is 2.25. The van der Waals surface area contributed by atoms with Crippen LogP contribution in [0.1, 0.15) is 0 Å². The van der Waals surface area contributed by atoms with Gasteiger partial charge in [-0.2, -0.15) is 0 Å². The summed E-state index contributed by atoms with van der Waals surface area (Å²) in [5, 5.41) is 5.82. The lowest BCUT2D eigenvalue weighted by molar-refractivity contribution is -0.114. The third kappa shape index (κ3) is 5.09. The van der Waals surface area contributed by atoms with Gasteiger partial charge in [0.05, 0.1) is 12.2 Å². The van der Waals surface area contributed by atoms with Gasteiger partial charge in [0.1, 0.15) is 5.82 Å². The second-order valence-corrected chi connectivity index (χ2v) is 6.44. The summed E-state index contributed by atoms with van der Waals surface area (Å²) in [6, 6.07) is 23.7. The molecule has 3 aromatic carbocycles. The highest BCUT2D eigenvalue weighted by molar-refractivity contribution is 7.99. The largest absolute Gasteiger partial charge is 0.376 e. The Bertz CT molecular complexity index is 855. The molecule has 3 nitrogen and oxygen atoms in total. The number of benzene rings is 3. The predicted molar refractivity (Wildman–Crippen MR) is 101 cm³/mol. The molecular weight excluding hydrogens is 335 g/mol. The molecule has 0 aliphatic rings. The summed E-state index contributed by atoms with van der Waals surface area (Å²) >= 11 is 1.59. The topological polar surface area (TPSA) is 41.1 Å². The Balaban J connectivity index is 1.63. The van der Waals surface area contributed by atoms with Crippen LogP contribution < -0.4 is 10.6 Å². The van der Waals surface area contributed by atoms with Gasteiger partial charge >= 0.3 is 0 Å². The lowest BCUT2D eigenvalue weighted by Gasteiger charge is -2.12. The second kappa shape index (κ2) is 8.35. The Kier molecular flexibility index (Phi) is 5.69. The summed E-state index contributed by atoms with van der Waals surface area (Å²) in [5.74, 6) is -0.527. The molecule has 0 aromatic heterocycles. The number of carbonyl (C=O) groups excluding carboxylic acids is 1.